The van der Waals surface area contributed by atoms with Crippen molar-refractivity contribution in [3.8, 4) is 11.5 Å². The van der Waals surface area contributed by atoms with Crippen LogP contribution in [0, 0.1) is 58.7 Å². The summed E-state index contributed by atoms with van der Waals surface area (Å²) in [4.78, 5) is 17.9. The molecule has 2 aromatic heterocycles. The summed E-state index contributed by atoms with van der Waals surface area (Å²) in [5.41, 5.74) is 1.05. The molecule has 0 aliphatic heterocycles. The second kappa shape index (κ2) is 7.29. The van der Waals surface area contributed by atoms with E-state index >= 15 is 0 Å². The van der Waals surface area contributed by atoms with Gasteiger partial charge in [0.05, 0.1) is 24.5 Å². The fourth-order valence-electron chi connectivity index (χ4n) is 9.84. The third kappa shape index (κ3) is 3.06. The van der Waals surface area contributed by atoms with E-state index in [1.807, 2.05) is 6.20 Å². The van der Waals surface area contributed by atoms with Crippen LogP contribution in [0.5, 0.6) is 0 Å². The van der Waals surface area contributed by atoms with E-state index in [1.165, 1.54) is 51.4 Å². The highest BCUT2D eigenvalue weighted by Gasteiger charge is 2.70. The number of carbonyl (C=O) groups excluding carboxylic acids is 1. The molecule has 0 N–H and O–H groups in total. The summed E-state index contributed by atoms with van der Waals surface area (Å²) in [5, 5.41) is 4.46. The van der Waals surface area contributed by atoms with Gasteiger partial charge in [0.1, 0.15) is 6.26 Å². The number of nitrogens with zero attached hydrogens (tertiary/aromatic N) is 3. The standard InChI is InChI=1S/C28H37N3O2/c1-16-3-5-19-17(11-16)4-6-21-20(19)7-8-28(2)25(21)22-12-23(22)26(28)24(32)15-31-14-18(13-30-31)27-29-9-10-33-27/h9-10,13-14,16-17,19-23,25-26H,3-8,11-12,15H2,1-2H3/t16-,17+,19-,20?,21+,22+,23-,25?,26+,28-/m0/s1. The molecule has 5 aliphatic rings. The molecule has 0 bridgehead atoms. The summed E-state index contributed by atoms with van der Waals surface area (Å²) in [6, 6.07) is 0. The van der Waals surface area contributed by atoms with E-state index in [4.69, 9.17) is 4.42 Å². The zero-order valence-corrected chi connectivity index (χ0v) is 20.0. The number of Topliss-reactive ketones (excluding diaryl/α,β-unsaturated/α-hetero) is 1. The summed E-state index contributed by atoms with van der Waals surface area (Å²) in [7, 11) is 0. The molecule has 0 spiro atoms. The van der Waals surface area contributed by atoms with Crippen LogP contribution in [-0.2, 0) is 11.3 Å². The fraction of sp³-hybridized carbons (Fsp3) is 0.750. The lowest BCUT2D eigenvalue weighted by Gasteiger charge is -2.57. The van der Waals surface area contributed by atoms with Crippen LogP contribution in [0.1, 0.15) is 65.2 Å². The van der Waals surface area contributed by atoms with Gasteiger partial charge in [0.15, 0.2) is 5.78 Å². The molecule has 7 rings (SSSR count). The normalized spacial score (nSPS) is 45.6. The van der Waals surface area contributed by atoms with Crippen molar-refractivity contribution in [1.82, 2.24) is 14.8 Å². The lowest BCUT2D eigenvalue weighted by atomic mass is 9.48. The molecule has 0 amide bonds. The van der Waals surface area contributed by atoms with Crippen molar-refractivity contribution >= 4 is 5.78 Å². The van der Waals surface area contributed by atoms with Gasteiger partial charge in [-0.15, -0.1) is 0 Å². The van der Waals surface area contributed by atoms with Crippen LogP contribution in [0.2, 0.25) is 0 Å². The Balaban J connectivity index is 1.10. The molecule has 0 aromatic carbocycles. The molecule has 5 heteroatoms. The lowest BCUT2D eigenvalue weighted by Crippen LogP contribution is -2.51. The first-order valence-corrected chi connectivity index (χ1v) is 13.5. The Labute approximate surface area is 196 Å². The first-order valence-electron chi connectivity index (χ1n) is 13.5. The molecule has 5 nitrogen and oxygen atoms in total. The average molecular weight is 448 g/mol. The van der Waals surface area contributed by atoms with Crippen molar-refractivity contribution in [2.45, 2.75) is 71.8 Å². The second-order valence-electron chi connectivity index (χ2n) is 12.6. The van der Waals surface area contributed by atoms with Gasteiger partial charge in [-0.3, -0.25) is 9.48 Å². The summed E-state index contributed by atoms with van der Waals surface area (Å²) in [6.45, 7) is 5.35. The van der Waals surface area contributed by atoms with E-state index in [-0.39, 0.29) is 11.3 Å². The van der Waals surface area contributed by atoms with E-state index < -0.39 is 0 Å². The summed E-state index contributed by atoms with van der Waals surface area (Å²) in [6.07, 6.45) is 18.1. The van der Waals surface area contributed by atoms with E-state index in [1.54, 1.807) is 23.3 Å². The zero-order chi connectivity index (χ0) is 22.3. The van der Waals surface area contributed by atoms with Crippen molar-refractivity contribution < 1.29 is 9.21 Å². The molecule has 0 saturated heterocycles. The maximum absolute atomic E-state index is 13.7. The van der Waals surface area contributed by atoms with Gasteiger partial charge in [0.2, 0.25) is 5.89 Å². The molecule has 176 valence electrons. The molecular formula is C28H37N3O2. The molecule has 5 saturated carbocycles. The fourth-order valence-corrected chi connectivity index (χ4v) is 9.84. The van der Waals surface area contributed by atoms with Crippen molar-refractivity contribution in [1.29, 1.82) is 0 Å². The largest absolute Gasteiger partial charge is 0.444 e. The molecule has 2 unspecified atom stereocenters. The Hall–Kier alpha value is -1.91. The van der Waals surface area contributed by atoms with E-state index in [9.17, 15) is 4.79 Å². The zero-order valence-electron chi connectivity index (χ0n) is 20.0. The van der Waals surface area contributed by atoms with Crippen LogP contribution < -0.4 is 0 Å². The third-order valence-corrected chi connectivity index (χ3v) is 11.0. The van der Waals surface area contributed by atoms with Gasteiger partial charge >= 0.3 is 0 Å². The van der Waals surface area contributed by atoms with Crippen LogP contribution in [0.3, 0.4) is 0 Å². The monoisotopic (exact) mass is 447 g/mol. The topological polar surface area (TPSA) is 60.9 Å². The minimum Gasteiger partial charge on any atom is -0.444 e. The molecule has 33 heavy (non-hydrogen) atoms. The first-order chi connectivity index (χ1) is 16.0. The molecule has 5 aliphatic carbocycles. The summed E-state index contributed by atoms with van der Waals surface area (Å²) < 4.78 is 7.19. The third-order valence-electron chi connectivity index (χ3n) is 11.0. The van der Waals surface area contributed by atoms with Gasteiger partial charge in [-0.05, 0) is 97.7 Å². The molecule has 10 atom stereocenters. The predicted octanol–water partition coefficient (Wildman–Crippen LogP) is 5.87. The van der Waals surface area contributed by atoms with Crippen LogP contribution in [0.4, 0.5) is 0 Å². The maximum Gasteiger partial charge on any atom is 0.229 e. The molecule has 0 radical (unpaired) electrons. The van der Waals surface area contributed by atoms with E-state index in [2.05, 4.69) is 23.9 Å². The van der Waals surface area contributed by atoms with E-state index in [0.717, 1.165) is 47.0 Å². The Bertz CT molecular complexity index is 1040. The first kappa shape index (κ1) is 20.5. The number of hydrogen-bond acceptors (Lipinski definition) is 4. The van der Waals surface area contributed by atoms with Crippen LogP contribution in [0.25, 0.3) is 11.5 Å². The van der Waals surface area contributed by atoms with E-state index in [0.29, 0.717) is 24.1 Å². The highest BCUT2D eigenvalue weighted by molar-refractivity contribution is 5.83. The van der Waals surface area contributed by atoms with Gasteiger partial charge in [-0.2, -0.15) is 5.10 Å². The van der Waals surface area contributed by atoms with Crippen LogP contribution in [-0.4, -0.2) is 20.5 Å². The Morgan fingerprint density at radius 2 is 1.97 bits per heavy atom. The summed E-state index contributed by atoms with van der Waals surface area (Å²) in [5.74, 6) is 8.18. The van der Waals surface area contributed by atoms with Gasteiger partial charge in [0.25, 0.3) is 0 Å². The Morgan fingerprint density at radius 1 is 1.09 bits per heavy atom. The van der Waals surface area contributed by atoms with Crippen molar-refractivity contribution in [2.24, 2.45) is 58.7 Å². The Kier molecular flexibility index (Phi) is 4.52. The van der Waals surface area contributed by atoms with Crippen molar-refractivity contribution in [3.05, 3.63) is 24.9 Å². The SMILES string of the molecule is C[C@H]1CC[C@@H]2C3CC[C@@]4(C)C([C@@H]3CC[C@@H]2C1)[C@@H]1C[C@@H]1[C@@H]4C(=O)Cn1cc(-c2ncco2)cn1. The van der Waals surface area contributed by atoms with Crippen molar-refractivity contribution in [3.63, 3.8) is 0 Å². The molecule has 5 fully saturated rings. The maximum atomic E-state index is 13.7. The number of hydrogen-bond donors (Lipinski definition) is 0. The molecular weight excluding hydrogens is 410 g/mol. The van der Waals surface area contributed by atoms with Crippen molar-refractivity contribution in [2.75, 3.05) is 0 Å². The number of fused-ring (bicyclic) bond motifs is 7. The molecule has 2 aromatic rings. The quantitative estimate of drug-likeness (QED) is 0.588. The van der Waals surface area contributed by atoms with Gasteiger partial charge in [-0.1, -0.05) is 20.3 Å². The number of carbonyl (C=O) groups is 1. The second-order valence-corrected chi connectivity index (χ2v) is 12.6. The smallest absolute Gasteiger partial charge is 0.229 e. The number of rotatable bonds is 4. The minimum absolute atomic E-state index is 0.208. The van der Waals surface area contributed by atoms with Gasteiger partial charge < -0.3 is 4.42 Å². The van der Waals surface area contributed by atoms with Crippen LogP contribution >= 0.6 is 0 Å². The minimum atomic E-state index is 0.208. The lowest BCUT2D eigenvalue weighted by molar-refractivity contribution is -0.134. The van der Waals surface area contributed by atoms with Gasteiger partial charge in [0, 0.05) is 12.1 Å². The number of aromatic nitrogens is 3. The molecule has 2 heterocycles. The number of oxazole rings is 1. The van der Waals surface area contributed by atoms with Gasteiger partial charge in [-0.25, -0.2) is 4.98 Å². The summed E-state index contributed by atoms with van der Waals surface area (Å²) >= 11 is 0. The predicted molar refractivity (Wildman–Crippen MR) is 125 cm³/mol. The average Bonchev–Trinajstić information content (AvgIpc) is 3.17. The number of ketones is 1. The highest BCUT2D eigenvalue weighted by Crippen LogP contribution is 2.74. The van der Waals surface area contributed by atoms with Crippen LogP contribution in [0.15, 0.2) is 29.3 Å². The Morgan fingerprint density at radius 3 is 2.82 bits per heavy atom. The highest BCUT2D eigenvalue weighted by atomic mass is 16.3.